The molecular weight excluding hydrogens is 961 g/mol. The maximum atomic E-state index is 14.6. The van der Waals surface area contributed by atoms with E-state index in [1.165, 1.54) is 65.1 Å². The van der Waals surface area contributed by atoms with E-state index < -0.39 is 40.8 Å². The molecular formula is C52H44N8O6S4. The van der Waals surface area contributed by atoms with Gasteiger partial charge in [-0.15, -0.1) is 33.3 Å². The van der Waals surface area contributed by atoms with Crippen molar-refractivity contribution in [1.29, 1.82) is 0 Å². The van der Waals surface area contributed by atoms with Crippen molar-refractivity contribution in [2.75, 3.05) is 18.2 Å². The number of allylic oxidation sites excluding steroid dienone is 1. The first-order valence-electron chi connectivity index (χ1n) is 21.9. The largest absolute Gasteiger partial charge is 0.448 e. The number of aromatic nitrogens is 3. The lowest BCUT2D eigenvalue weighted by atomic mass is 9.77. The van der Waals surface area contributed by atoms with Crippen molar-refractivity contribution >= 4 is 80.7 Å². The highest BCUT2D eigenvalue weighted by Crippen LogP contribution is 2.43. The molecule has 18 heteroatoms. The predicted molar refractivity (Wildman–Crippen MR) is 274 cm³/mol. The molecule has 3 amide bonds. The van der Waals surface area contributed by atoms with Gasteiger partial charge in [-0.2, -0.15) is 0 Å². The number of hydrogen-bond donors (Lipinski definition) is 3. The molecule has 14 nitrogen and oxygen atoms in total. The van der Waals surface area contributed by atoms with E-state index >= 15 is 0 Å². The number of fused-ring (bicyclic) bond motifs is 1. The molecule has 2 aliphatic rings. The third kappa shape index (κ3) is 10.3. The van der Waals surface area contributed by atoms with Gasteiger partial charge in [-0.1, -0.05) is 180 Å². The van der Waals surface area contributed by atoms with E-state index in [0.29, 0.717) is 25.8 Å². The minimum Gasteiger partial charge on any atom is -0.448 e. The Labute approximate surface area is 420 Å². The number of anilines is 1. The van der Waals surface area contributed by atoms with Crippen molar-refractivity contribution in [3.63, 3.8) is 0 Å². The summed E-state index contributed by atoms with van der Waals surface area (Å²) in [5.74, 6) is -1.77. The van der Waals surface area contributed by atoms with Gasteiger partial charge < -0.3 is 25.5 Å². The fraction of sp³-hybridized carbons (Fsp3) is 0.154. The molecule has 0 bridgehead atoms. The van der Waals surface area contributed by atoms with Crippen LogP contribution in [0.3, 0.4) is 0 Å². The summed E-state index contributed by atoms with van der Waals surface area (Å²) in [5, 5.41) is 25.8. The Morgan fingerprint density at radius 2 is 1.41 bits per heavy atom. The fourth-order valence-electron chi connectivity index (χ4n) is 8.13. The molecule has 2 aliphatic heterocycles. The standard InChI is InChI=1S/C52H44N8O6S4/c1-33(61)53-30-41-57-58-51(70-41)67-29-28-36-31-68-48-43(47(63)60(48)44(36)49(64)66-45(34-18-8-3-9-19-34)35-20-10-4-11-21-35)55-46(62)42(59-65-2)40-32-69-50(54-40)56-52(37-22-12-5-13-23-37,38-24-14-6-15-25-38)39-26-16-7-17-27-39/h3-29,32,43,45,48H,30-31H2,1-2H3,(H,53,61)(H,54,56)(H,55,62)/b29-28+,59-42+. The van der Waals surface area contributed by atoms with Gasteiger partial charge in [0.1, 0.15) is 40.5 Å². The first-order valence-corrected chi connectivity index (χ1v) is 25.6. The molecule has 5 aromatic carbocycles. The van der Waals surface area contributed by atoms with E-state index in [1.54, 1.807) is 16.9 Å². The number of esters is 1. The van der Waals surface area contributed by atoms with Crippen molar-refractivity contribution in [2.45, 2.75) is 40.9 Å². The number of thiazole rings is 1. The number of amides is 3. The second-order valence-electron chi connectivity index (χ2n) is 15.8. The van der Waals surface area contributed by atoms with Crippen molar-refractivity contribution in [2.24, 2.45) is 5.16 Å². The Hall–Kier alpha value is -7.38. The minimum absolute atomic E-state index is 0.0660. The lowest BCUT2D eigenvalue weighted by molar-refractivity contribution is -0.154. The highest BCUT2D eigenvalue weighted by molar-refractivity contribution is 8.03. The molecule has 1 saturated heterocycles. The third-order valence-corrected chi connectivity index (χ3v) is 15.2. The molecule has 0 saturated carbocycles. The molecule has 0 aliphatic carbocycles. The molecule has 70 heavy (non-hydrogen) atoms. The van der Waals surface area contributed by atoms with Gasteiger partial charge in [-0.05, 0) is 44.9 Å². The number of nitrogens with zero attached hydrogens (tertiary/aromatic N) is 5. The van der Waals surface area contributed by atoms with Crippen molar-refractivity contribution < 1.29 is 28.8 Å². The highest BCUT2D eigenvalue weighted by atomic mass is 32.2. The van der Waals surface area contributed by atoms with Crippen LogP contribution in [0.15, 0.2) is 189 Å². The van der Waals surface area contributed by atoms with Crippen molar-refractivity contribution in [3.8, 4) is 0 Å². The molecule has 1 fully saturated rings. The highest BCUT2D eigenvalue weighted by Gasteiger charge is 2.55. The summed E-state index contributed by atoms with van der Waals surface area (Å²) in [4.78, 5) is 66.2. The summed E-state index contributed by atoms with van der Waals surface area (Å²) in [7, 11) is 1.33. The normalized spacial score (nSPS) is 15.8. The molecule has 4 heterocycles. The number of nitrogens with one attached hydrogen (secondary N) is 3. The van der Waals surface area contributed by atoms with E-state index in [1.807, 2.05) is 115 Å². The number of thioether (sulfide) groups is 2. The van der Waals surface area contributed by atoms with Gasteiger partial charge in [0.2, 0.25) is 5.91 Å². The summed E-state index contributed by atoms with van der Waals surface area (Å²) in [6, 6.07) is 48.0. The average Bonchev–Trinajstić information content (AvgIpc) is 4.08. The number of oxime groups is 1. The lowest BCUT2D eigenvalue weighted by Gasteiger charge is -2.49. The molecule has 3 N–H and O–H groups in total. The fourth-order valence-corrected chi connectivity index (χ4v) is 11.8. The Balaban J connectivity index is 0.979. The summed E-state index contributed by atoms with van der Waals surface area (Å²) >= 11 is 5.31. The zero-order valence-corrected chi connectivity index (χ0v) is 40.9. The van der Waals surface area contributed by atoms with Gasteiger partial charge in [-0.3, -0.25) is 19.3 Å². The van der Waals surface area contributed by atoms with Gasteiger partial charge in [0.05, 0.1) is 6.54 Å². The summed E-state index contributed by atoms with van der Waals surface area (Å²) in [6.07, 6.45) is 0.978. The number of β-lactam (4-membered cyclic amide) rings is 1. The third-order valence-electron chi connectivity index (χ3n) is 11.3. The van der Waals surface area contributed by atoms with Crippen molar-refractivity contribution in [3.05, 3.63) is 218 Å². The first kappa shape index (κ1) is 47.7. The minimum atomic E-state index is -1.03. The van der Waals surface area contributed by atoms with Gasteiger partial charge in [0.25, 0.3) is 11.8 Å². The Kier molecular flexibility index (Phi) is 14.9. The maximum Gasteiger partial charge on any atom is 0.356 e. The molecule has 352 valence electrons. The SMILES string of the molecule is CO/N=C(/C(=O)NC1C(=O)N2C(C(=O)OC(c3ccccc3)c3ccccc3)=C(/C=C/Sc3nnc(CNC(C)=O)s3)CSC12)c1csc(NC(c2ccccc2)(c2ccccc2)c2ccccc2)n1. The van der Waals surface area contributed by atoms with Gasteiger partial charge in [-0.25, -0.2) is 9.78 Å². The van der Waals surface area contributed by atoms with Crippen LogP contribution in [-0.2, 0) is 40.8 Å². The molecule has 0 radical (unpaired) electrons. The molecule has 0 spiro atoms. The Bertz CT molecular complexity index is 2930. The molecule has 2 aromatic heterocycles. The first-order chi connectivity index (χ1) is 34.2. The molecule has 2 unspecified atom stereocenters. The number of ether oxygens (including phenoxy) is 1. The Morgan fingerprint density at radius 1 is 0.843 bits per heavy atom. The van der Waals surface area contributed by atoms with Crippen LogP contribution in [0, 0.1) is 0 Å². The van der Waals surface area contributed by atoms with Crippen LogP contribution in [0.5, 0.6) is 0 Å². The quantitative estimate of drug-likeness (QED) is 0.0187. The van der Waals surface area contributed by atoms with Crippen LogP contribution >= 0.6 is 46.2 Å². The van der Waals surface area contributed by atoms with E-state index in [4.69, 9.17) is 14.6 Å². The topological polar surface area (TPSA) is 177 Å². The number of hydrogen-bond acceptors (Lipinski definition) is 15. The van der Waals surface area contributed by atoms with Gasteiger partial charge >= 0.3 is 5.97 Å². The molecule has 2 atom stereocenters. The maximum absolute atomic E-state index is 14.6. The number of carbonyl (C=O) groups excluding carboxylic acids is 4. The second-order valence-corrected chi connectivity index (χ2v) is 19.9. The van der Waals surface area contributed by atoms with E-state index in [2.05, 4.69) is 67.7 Å². The summed E-state index contributed by atoms with van der Waals surface area (Å²) in [5.41, 5.74) is 4.25. The monoisotopic (exact) mass is 1000 g/mol. The van der Waals surface area contributed by atoms with Crippen LogP contribution in [0.25, 0.3) is 0 Å². The number of rotatable bonds is 18. The van der Waals surface area contributed by atoms with Crippen LogP contribution < -0.4 is 16.0 Å². The number of carbonyl (C=O) groups is 4. The Morgan fingerprint density at radius 3 is 1.97 bits per heavy atom. The van der Waals surface area contributed by atoms with Crippen LogP contribution in [0.2, 0.25) is 0 Å². The van der Waals surface area contributed by atoms with Gasteiger partial charge in [0.15, 0.2) is 21.3 Å². The predicted octanol–water partition coefficient (Wildman–Crippen LogP) is 8.68. The van der Waals surface area contributed by atoms with Gasteiger partial charge in [0, 0.05) is 18.1 Å². The molecule has 7 aromatic rings. The summed E-state index contributed by atoms with van der Waals surface area (Å²) < 4.78 is 6.97. The van der Waals surface area contributed by atoms with Crippen LogP contribution in [0.4, 0.5) is 5.13 Å². The second kappa shape index (κ2) is 21.9. The van der Waals surface area contributed by atoms with Crippen LogP contribution in [0.1, 0.15) is 51.5 Å². The number of benzene rings is 5. The smallest absolute Gasteiger partial charge is 0.356 e. The molecule has 9 rings (SSSR count). The van der Waals surface area contributed by atoms with E-state index in [9.17, 15) is 19.2 Å². The average molecular weight is 1010 g/mol. The zero-order chi connectivity index (χ0) is 48.5. The summed E-state index contributed by atoms with van der Waals surface area (Å²) in [6.45, 7) is 1.69. The van der Waals surface area contributed by atoms with E-state index in [-0.39, 0.29) is 29.6 Å². The zero-order valence-electron chi connectivity index (χ0n) is 37.6. The lowest BCUT2D eigenvalue weighted by Crippen LogP contribution is -2.71. The van der Waals surface area contributed by atoms with E-state index in [0.717, 1.165) is 27.8 Å². The van der Waals surface area contributed by atoms with Crippen molar-refractivity contribution in [1.82, 2.24) is 30.7 Å². The van der Waals surface area contributed by atoms with Crippen LogP contribution in [-0.4, -0.2) is 73.8 Å².